The van der Waals surface area contributed by atoms with Gasteiger partial charge in [-0.2, -0.15) is 0 Å². The molecular weight excluding hydrogens is 312 g/mol. The molecular formula is C17H16N2OS2. The molecule has 0 spiro atoms. The molecule has 0 unspecified atom stereocenters. The van der Waals surface area contributed by atoms with E-state index in [0.717, 1.165) is 21.9 Å². The van der Waals surface area contributed by atoms with E-state index in [1.807, 2.05) is 43.3 Å². The van der Waals surface area contributed by atoms with Crippen molar-refractivity contribution in [1.29, 1.82) is 0 Å². The molecule has 1 N–H and O–H groups in total. The Morgan fingerprint density at radius 3 is 2.73 bits per heavy atom. The van der Waals surface area contributed by atoms with Gasteiger partial charge in [-0.05, 0) is 30.4 Å². The lowest BCUT2D eigenvalue weighted by Crippen LogP contribution is -2.26. The number of aryl methyl sites for hydroxylation is 1. The van der Waals surface area contributed by atoms with Gasteiger partial charge in [0.2, 0.25) is 0 Å². The Bertz CT molecular complexity index is 748. The number of aromatic nitrogens is 1. The summed E-state index contributed by atoms with van der Waals surface area (Å²) in [5.41, 5.74) is 1.57. The van der Waals surface area contributed by atoms with Crippen LogP contribution in [0.2, 0.25) is 0 Å². The van der Waals surface area contributed by atoms with Gasteiger partial charge in [-0.25, -0.2) is 4.98 Å². The molecule has 2 aromatic heterocycles. The highest BCUT2D eigenvalue weighted by molar-refractivity contribution is 7.15. The molecule has 0 saturated carbocycles. The summed E-state index contributed by atoms with van der Waals surface area (Å²) in [4.78, 5) is 19.0. The maximum Gasteiger partial charge on any atom is 0.271 e. The first kappa shape index (κ1) is 14.9. The maximum absolute atomic E-state index is 12.4. The van der Waals surface area contributed by atoms with Crippen LogP contribution >= 0.6 is 22.7 Å². The number of nitrogens with zero attached hydrogens (tertiary/aromatic N) is 1. The van der Waals surface area contributed by atoms with Crippen molar-refractivity contribution in [3.8, 4) is 10.4 Å². The molecule has 0 atom stereocenters. The van der Waals surface area contributed by atoms with Crippen molar-refractivity contribution in [2.45, 2.75) is 13.3 Å². The number of thiazole rings is 1. The van der Waals surface area contributed by atoms with Gasteiger partial charge < -0.3 is 5.32 Å². The molecule has 0 radical (unpaired) electrons. The van der Waals surface area contributed by atoms with Gasteiger partial charge >= 0.3 is 0 Å². The van der Waals surface area contributed by atoms with Gasteiger partial charge in [0.25, 0.3) is 5.91 Å². The molecule has 0 aliphatic carbocycles. The van der Waals surface area contributed by atoms with E-state index in [4.69, 9.17) is 0 Å². The number of hydrogen-bond donors (Lipinski definition) is 1. The van der Waals surface area contributed by atoms with Crippen LogP contribution in [-0.4, -0.2) is 17.4 Å². The molecule has 3 rings (SSSR count). The van der Waals surface area contributed by atoms with E-state index in [1.54, 1.807) is 22.7 Å². The molecule has 22 heavy (non-hydrogen) atoms. The topological polar surface area (TPSA) is 42.0 Å². The van der Waals surface area contributed by atoms with Crippen molar-refractivity contribution in [3.05, 3.63) is 63.4 Å². The number of carbonyl (C=O) groups excluding carboxylic acids is 1. The van der Waals surface area contributed by atoms with Gasteiger partial charge in [0, 0.05) is 11.4 Å². The molecule has 3 nitrogen and oxygen atoms in total. The highest BCUT2D eigenvalue weighted by Gasteiger charge is 2.17. The SMILES string of the molecule is Cc1nc(C(=O)NCCc2cccs2)c(-c2ccccc2)s1. The van der Waals surface area contributed by atoms with Crippen molar-refractivity contribution in [1.82, 2.24) is 10.3 Å². The van der Waals surface area contributed by atoms with Crippen LogP contribution in [0.1, 0.15) is 20.4 Å². The third-order valence-corrected chi connectivity index (χ3v) is 5.18. The van der Waals surface area contributed by atoms with Crippen molar-refractivity contribution in [2.24, 2.45) is 0 Å². The number of benzene rings is 1. The first-order valence-electron chi connectivity index (χ1n) is 7.07. The van der Waals surface area contributed by atoms with Crippen LogP contribution < -0.4 is 5.32 Å². The predicted octanol–water partition coefficient (Wildman–Crippen LogP) is 4.15. The Hall–Kier alpha value is -1.98. The van der Waals surface area contributed by atoms with E-state index in [9.17, 15) is 4.79 Å². The average Bonchev–Trinajstić information content (AvgIpc) is 3.17. The predicted molar refractivity (Wildman–Crippen MR) is 92.6 cm³/mol. The molecule has 0 bridgehead atoms. The van der Waals surface area contributed by atoms with Gasteiger partial charge in [-0.1, -0.05) is 36.4 Å². The molecule has 2 heterocycles. The summed E-state index contributed by atoms with van der Waals surface area (Å²) in [6.45, 7) is 2.56. The Balaban J connectivity index is 1.72. The van der Waals surface area contributed by atoms with E-state index in [2.05, 4.69) is 21.7 Å². The zero-order chi connectivity index (χ0) is 15.4. The first-order valence-corrected chi connectivity index (χ1v) is 8.77. The highest BCUT2D eigenvalue weighted by Crippen LogP contribution is 2.29. The van der Waals surface area contributed by atoms with Crippen molar-refractivity contribution >= 4 is 28.6 Å². The quantitative estimate of drug-likeness (QED) is 0.764. The number of thiophene rings is 1. The van der Waals surface area contributed by atoms with E-state index in [-0.39, 0.29) is 5.91 Å². The minimum absolute atomic E-state index is 0.0974. The minimum atomic E-state index is -0.0974. The number of nitrogens with one attached hydrogen (secondary N) is 1. The van der Waals surface area contributed by atoms with Gasteiger partial charge in [-0.15, -0.1) is 22.7 Å². The van der Waals surface area contributed by atoms with Crippen LogP contribution in [0.4, 0.5) is 0 Å². The Morgan fingerprint density at radius 1 is 1.18 bits per heavy atom. The maximum atomic E-state index is 12.4. The first-order chi connectivity index (χ1) is 10.7. The minimum Gasteiger partial charge on any atom is -0.350 e. The molecule has 1 amide bonds. The smallest absolute Gasteiger partial charge is 0.271 e. The Labute approximate surface area is 137 Å². The molecule has 0 aliphatic rings. The second-order valence-electron chi connectivity index (χ2n) is 4.86. The number of rotatable bonds is 5. The van der Waals surface area contributed by atoms with E-state index < -0.39 is 0 Å². The van der Waals surface area contributed by atoms with Gasteiger partial charge in [0.15, 0.2) is 0 Å². The van der Waals surface area contributed by atoms with E-state index in [1.165, 1.54) is 4.88 Å². The van der Waals surface area contributed by atoms with Crippen LogP contribution in [0.3, 0.4) is 0 Å². The third-order valence-electron chi connectivity index (χ3n) is 3.22. The number of amides is 1. The Morgan fingerprint density at radius 2 is 2.00 bits per heavy atom. The molecule has 1 aromatic carbocycles. The molecule has 0 saturated heterocycles. The summed E-state index contributed by atoms with van der Waals surface area (Å²) in [5, 5.41) is 5.93. The van der Waals surface area contributed by atoms with Gasteiger partial charge in [0.1, 0.15) is 5.69 Å². The van der Waals surface area contributed by atoms with E-state index in [0.29, 0.717) is 12.2 Å². The van der Waals surface area contributed by atoms with Crippen LogP contribution in [0.5, 0.6) is 0 Å². The molecule has 5 heteroatoms. The van der Waals surface area contributed by atoms with Crippen LogP contribution in [0, 0.1) is 6.92 Å². The van der Waals surface area contributed by atoms with Gasteiger partial charge in [0.05, 0.1) is 9.88 Å². The lowest BCUT2D eigenvalue weighted by molar-refractivity contribution is 0.0950. The number of carbonyl (C=O) groups is 1. The van der Waals surface area contributed by atoms with Crippen LogP contribution in [-0.2, 0) is 6.42 Å². The molecule has 112 valence electrons. The summed E-state index contributed by atoms with van der Waals surface area (Å²) in [7, 11) is 0. The summed E-state index contributed by atoms with van der Waals surface area (Å²) >= 11 is 3.27. The van der Waals surface area contributed by atoms with Gasteiger partial charge in [-0.3, -0.25) is 4.79 Å². The lowest BCUT2D eigenvalue weighted by atomic mass is 10.1. The average molecular weight is 328 g/mol. The largest absolute Gasteiger partial charge is 0.350 e. The number of hydrogen-bond acceptors (Lipinski definition) is 4. The summed E-state index contributed by atoms with van der Waals surface area (Å²) in [5.74, 6) is -0.0974. The fourth-order valence-electron chi connectivity index (χ4n) is 2.20. The standard InChI is InChI=1S/C17H16N2OS2/c1-12-19-15(16(22-12)13-6-3-2-4-7-13)17(20)18-10-9-14-8-5-11-21-14/h2-8,11H,9-10H2,1H3,(H,18,20). The zero-order valence-corrected chi connectivity index (χ0v) is 13.8. The van der Waals surface area contributed by atoms with Crippen molar-refractivity contribution in [2.75, 3.05) is 6.54 Å². The van der Waals surface area contributed by atoms with Crippen molar-refractivity contribution < 1.29 is 4.79 Å². The van der Waals surface area contributed by atoms with Crippen molar-refractivity contribution in [3.63, 3.8) is 0 Å². The summed E-state index contributed by atoms with van der Waals surface area (Å²) < 4.78 is 0. The fourth-order valence-corrected chi connectivity index (χ4v) is 3.83. The van der Waals surface area contributed by atoms with Crippen LogP contribution in [0.15, 0.2) is 47.8 Å². The molecule has 0 fully saturated rings. The zero-order valence-electron chi connectivity index (χ0n) is 12.2. The second kappa shape index (κ2) is 6.85. The third kappa shape index (κ3) is 3.43. The normalized spacial score (nSPS) is 10.6. The second-order valence-corrected chi connectivity index (χ2v) is 7.10. The Kier molecular flexibility index (Phi) is 4.65. The monoisotopic (exact) mass is 328 g/mol. The summed E-state index contributed by atoms with van der Waals surface area (Å²) in [6, 6.07) is 14.0. The fraction of sp³-hybridized carbons (Fsp3) is 0.176. The molecule has 3 aromatic rings. The van der Waals surface area contributed by atoms with Crippen LogP contribution in [0.25, 0.3) is 10.4 Å². The molecule has 0 aliphatic heterocycles. The van der Waals surface area contributed by atoms with E-state index >= 15 is 0 Å². The lowest BCUT2D eigenvalue weighted by Gasteiger charge is -2.04. The summed E-state index contributed by atoms with van der Waals surface area (Å²) in [6.07, 6.45) is 0.854. The highest BCUT2D eigenvalue weighted by atomic mass is 32.1.